The van der Waals surface area contributed by atoms with Crippen molar-refractivity contribution in [2.75, 3.05) is 6.54 Å². The number of nitrogens with zero attached hydrogens (tertiary/aromatic N) is 3. The van der Waals surface area contributed by atoms with Gasteiger partial charge in [-0.2, -0.15) is 5.10 Å². The lowest BCUT2D eigenvalue weighted by Crippen LogP contribution is -2.32. The van der Waals surface area contributed by atoms with Gasteiger partial charge in [-0.3, -0.25) is 14.8 Å². The summed E-state index contributed by atoms with van der Waals surface area (Å²) in [5.41, 5.74) is 0.926. The Balaban J connectivity index is 1.84. The number of nitrogens with one attached hydrogen (secondary N) is 1. The first kappa shape index (κ1) is 15.9. The standard InChI is InChI=1S/C14H24N4O3/c1-4-5-11-6-13(11)15-7-12(19)8-17-10(3)14(18(20)21)9(2)16-17/h11-13,15,19H,4-8H2,1-3H3. The second-order valence-corrected chi connectivity index (χ2v) is 5.91. The van der Waals surface area contributed by atoms with Crippen molar-refractivity contribution in [2.45, 2.75) is 58.7 Å². The van der Waals surface area contributed by atoms with E-state index < -0.39 is 11.0 Å². The molecule has 3 atom stereocenters. The van der Waals surface area contributed by atoms with Crippen LogP contribution in [-0.2, 0) is 6.54 Å². The third-order valence-corrected chi connectivity index (χ3v) is 4.11. The van der Waals surface area contributed by atoms with E-state index in [2.05, 4.69) is 17.3 Å². The molecule has 0 amide bonds. The third-order valence-electron chi connectivity index (χ3n) is 4.11. The predicted molar refractivity (Wildman–Crippen MR) is 79.2 cm³/mol. The molecule has 7 nitrogen and oxygen atoms in total. The minimum Gasteiger partial charge on any atom is -0.390 e. The minimum atomic E-state index is -0.592. The van der Waals surface area contributed by atoms with Crippen molar-refractivity contribution in [2.24, 2.45) is 5.92 Å². The summed E-state index contributed by atoms with van der Waals surface area (Å²) >= 11 is 0. The van der Waals surface area contributed by atoms with Crippen molar-refractivity contribution in [3.63, 3.8) is 0 Å². The molecule has 0 saturated heterocycles. The first-order chi connectivity index (χ1) is 9.93. The first-order valence-electron chi connectivity index (χ1n) is 7.53. The molecule has 3 unspecified atom stereocenters. The Hall–Kier alpha value is -1.47. The van der Waals surface area contributed by atoms with E-state index in [4.69, 9.17) is 0 Å². The molecule has 1 aromatic rings. The van der Waals surface area contributed by atoms with Crippen LogP contribution in [0.1, 0.15) is 37.6 Å². The summed E-state index contributed by atoms with van der Waals surface area (Å²) in [6, 6.07) is 0.523. The zero-order valence-corrected chi connectivity index (χ0v) is 12.9. The van der Waals surface area contributed by atoms with Crippen molar-refractivity contribution in [1.82, 2.24) is 15.1 Å². The van der Waals surface area contributed by atoms with Gasteiger partial charge in [0.15, 0.2) is 0 Å². The molecule has 1 heterocycles. The van der Waals surface area contributed by atoms with Crippen LogP contribution in [-0.4, -0.2) is 38.5 Å². The lowest BCUT2D eigenvalue weighted by molar-refractivity contribution is -0.386. The number of aryl methyl sites for hydroxylation is 1. The Labute approximate surface area is 124 Å². The van der Waals surface area contributed by atoms with Gasteiger partial charge in [0.25, 0.3) is 0 Å². The molecular formula is C14H24N4O3. The number of aromatic nitrogens is 2. The number of hydrogen-bond donors (Lipinski definition) is 2. The van der Waals surface area contributed by atoms with E-state index in [1.165, 1.54) is 23.9 Å². The van der Waals surface area contributed by atoms with Gasteiger partial charge in [-0.1, -0.05) is 13.3 Å². The average molecular weight is 296 g/mol. The van der Waals surface area contributed by atoms with Gasteiger partial charge >= 0.3 is 5.69 Å². The van der Waals surface area contributed by atoms with E-state index in [0.29, 0.717) is 24.0 Å². The topological polar surface area (TPSA) is 93.2 Å². The van der Waals surface area contributed by atoms with Gasteiger partial charge in [0.1, 0.15) is 11.4 Å². The molecule has 1 fully saturated rings. The summed E-state index contributed by atoms with van der Waals surface area (Å²) in [5.74, 6) is 0.747. The van der Waals surface area contributed by atoms with E-state index in [-0.39, 0.29) is 12.2 Å². The fourth-order valence-electron chi connectivity index (χ4n) is 2.87. The van der Waals surface area contributed by atoms with E-state index >= 15 is 0 Å². The number of aliphatic hydroxyl groups excluding tert-OH is 1. The molecule has 1 aliphatic carbocycles. The highest BCUT2D eigenvalue weighted by molar-refractivity contribution is 5.39. The van der Waals surface area contributed by atoms with Crippen molar-refractivity contribution >= 4 is 5.69 Å². The number of hydrogen-bond acceptors (Lipinski definition) is 5. The molecule has 1 saturated carbocycles. The van der Waals surface area contributed by atoms with Gasteiger partial charge < -0.3 is 10.4 Å². The summed E-state index contributed by atoms with van der Waals surface area (Å²) in [7, 11) is 0. The highest BCUT2D eigenvalue weighted by atomic mass is 16.6. The average Bonchev–Trinajstić information content (AvgIpc) is 3.07. The molecule has 0 bridgehead atoms. The second kappa shape index (κ2) is 6.53. The van der Waals surface area contributed by atoms with Gasteiger partial charge in [-0.05, 0) is 32.6 Å². The SMILES string of the molecule is CCCC1CC1NCC(O)Cn1nc(C)c([N+](=O)[O-])c1C. The normalized spacial score (nSPS) is 22.3. The fraction of sp³-hybridized carbons (Fsp3) is 0.786. The largest absolute Gasteiger partial charge is 0.390 e. The van der Waals surface area contributed by atoms with Crippen molar-refractivity contribution in [1.29, 1.82) is 0 Å². The summed E-state index contributed by atoms with van der Waals surface area (Å²) in [5, 5.41) is 28.5. The van der Waals surface area contributed by atoms with Gasteiger partial charge in [-0.15, -0.1) is 0 Å². The van der Waals surface area contributed by atoms with Crippen molar-refractivity contribution in [3.8, 4) is 0 Å². The highest BCUT2D eigenvalue weighted by Gasteiger charge is 2.35. The molecule has 0 spiro atoms. The van der Waals surface area contributed by atoms with Crippen LogP contribution in [0.25, 0.3) is 0 Å². The molecule has 0 aromatic carbocycles. The maximum Gasteiger partial charge on any atom is 0.312 e. The molecule has 1 aliphatic rings. The molecule has 0 radical (unpaired) electrons. The molecule has 2 N–H and O–H groups in total. The molecule has 2 rings (SSSR count). The lowest BCUT2D eigenvalue weighted by atomic mass is 10.2. The minimum absolute atomic E-state index is 0.0420. The van der Waals surface area contributed by atoms with E-state index in [0.717, 1.165) is 5.92 Å². The molecule has 118 valence electrons. The Morgan fingerprint density at radius 3 is 2.86 bits per heavy atom. The van der Waals surface area contributed by atoms with Crippen molar-refractivity contribution in [3.05, 3.63) is 21.5 Å². The molecule has 7 heteroatoms. The highest BCUT2D eigenvalue weighted by Crippen LogP contribution is 2.34. The Bertz CT molecular complexity index is 515. The van der Waals surface area contributed by atoms with Crippen LogP contribution in [0.5, 0.6) is 0 Å². The zero-order chi connectivity index (χ0) is 15.6. The van der Waals surface area contributed by atoms with Crippen molar-refractivity contribution < 1.29 is 10.0 Å². The van der Waals surface area contributed by atoms with Crippen LogP contribution >= 0.6 is 0 Å². The molecule has 1 aromatic heterocycles. The van der Waals surface area contributed by atoms with Gasteiger partial charge in [0, 0.05) is 12.6 Å². The van der Waals surface area contributed by atoms with Crippen LogP contribution in [0.15, 0.2) is 0 Å². The molecular weight excluding hydrogens is 272 g/mol. The maximum atomic E-state index is 10.9. The van der Waals surface area contributed by atoms with Gasteiger partial charge in [0.2, 0.25) is 0 Å². The van der Waals surface area contributed by atoms with Gasteiger partial charge in [0.05, 0.1) is 17.6 Å². The van der Waals surface area contributed by atoms with E-state index in [9.17, 15) is 15.2 Å². The van der Waals surface area contributed by atoms with Gasteiger partial charge in [-0.25, -0.2) is 0 Å². The summed E-state index contributed by atoms with van der Waals surface area (Å²) in [4.78, 5) is 10.5. The fourth-order valence-corrected chi connectivity index (χ4v) is 2.87. The first-order valence-corrected chi connectivity index (χ1v) is 7.53. The van der Waals surface area contributed by atoms with E-state index in [1.54, 1.807) is 13.8 Å². The zero-order valence-electron chi connectivity index (χ0n) is 12.9. The Morgan fingerprint density at radius 2 is 2.29 bits per heavy atom. The maximum absolute atomic E-state index is 10.9. The smallest absolute Gasteiger partial charge is 0.312 e. The van der Waals surface area contributed by atoms with Crippen LogP contribution in [0, 0.1) is 29.9 Å². The monoisotopic (exact) mass is 296 g/mol. The van der Waals surface area contributed by atoms with E-state index in [1.807, 2.05) is 0 Å². The third kappa shape index (κ3) is 3.79. The molecule has 21 heavy (non-hydrogen) atoms. The van der Waals surface area contributed by atoms with Crippen LogP contribution in [0.2, 0.25) is 0 Å². The summed E-state index contributed by atoms with van der Waals surface area (Å²) < 4.78 is 1.52. The second-order valence-electron chi connectivity index (χ2n) is 5.91. The summed E-state index contributed by atoms with van der Waals surface area (Å²) in [6.45, 7) is 6.23. The van der Waals surface area contributed by atoms with Crippen LogP contribution < -0.4 is 5.32 Å². The predicted octanol–water partition coefficient (Wildman–Crippen LogP) is 1.55. The Morgan fingerprint density at radius 1 is 1.57 bits per heavy atom. The number of aliphatic hydroxyl groups is 1. The quantitative estimate of drug-likeness (QED) is 0.561. The van der Waals surface area contributed by atoms with Crippen LogP contribution in [0.3, 0.4) is 0 Å². The number of nitro groups is 1. The van der Waals surface area contributed by atoms with Crippen LogP contribution in [0.4, 0.5) is 5.69 Å². The number of rotatable bonds is 8. The summed E-state index contributed by atoms with van der Waals surface area (Å²) in [6.07, 6.45) is 3.02. The molecule has 0 aliphatic heterocycles. The Kier molecular flexibility index (Phi) is 4.95. The lowest BCUT2D eigenvalue weighted by Gasteiger charge is -2.12.